The molecule has 0 saturated heterocycles. The lowest BCUT2D eigenvalue weighted by atomic mass is 9.83. The molecule has 2 bridgehead atoms. The number of fused-ring (bicyclic) bond motifs is 2. The van der Waals surface area contributed by atoms with E-state index in [4.69, 9.17) is 9.47 Å². The average Bonchev–Trinajstić information content (AvgIpc) is 3.45. The van der Waals surface area contributed by atoms with E-state index in [-0.39, 0.29) is 35.6 Å². The minimum absolute atomic E-state index is 0.00241. The molecule has 1 fully saturated rings. The van der Waals surface area contributed by atoms with Crippen LogP contribution in [0.15, 0.2) is 48.6 Å². The largest absolute Gasteiger partial charge is 0.426 e. The molecule has 4 rings (SSSR count). The summed E-state index contributed by atoms with van der Waals surface area (Å²) in [5, 5.41) is 0. The molecule has 0 aliphatic heterocycles. The molecule has 2 aromatic carbocycles. The van der Waals surface area contributed by atoms with Gasteiger partial charge in [0.2, 0.25) is 0 Å². The van der Waals surface area contributed by atoms with Gasteiger partial charge in [-0.05, 0) is 65.2 Å². The second-order valence-corrected chi connectivity index (χ2v) is 12.0. The van der Waals surface area contributed by atoms with Gasteiger partial charge in [0.05, 0.1) is 11.8 Å². The summed E-state index contributed by atoms with van der Waals surface area (Å²) < 4.78 is 12.2. The predicted octanol–water partition coefficient (Wildman–Crippen LogP) is 8.13. The van der Waals surface area contributed by atoms with Gasteiger partial charge in [-0.1, -0.05) is 91.8 Å². The normalized spacial score (nSPS) is 22.5. The van der Waals surface area contributed by atoms with Gasteiger partial charge in [0.15, 0.2) is 0 Å². The lowest BCUT2D eigenvalue weighted by Crippen LogP contribution is -2.38. The molecule has 2 aliphatic rings. The molecule has 0 N–H and O–H groups in total. The lowest BCUT2D eigenvalue weighted by Gasteiger charge is -2.27. The molecule has 4 nitrogen and oxygen atoms in total. The van der Waals surface area contributed by atoms with Crippen molar-refractivity contribution in [3.8, 4) is 11.5 Å². The molecule has 0 aromatic heterocycles. The second kappa shape index (κ2) is 10.8. The summed E-state index contributed by atoms with van der Waals surface area (Å²) in [6.07, 6.45) is 4.94. The third-order valence-corrected chi connectivity index (χ3v) is 8.02. The lowest BCUT2D eigenvalue weighted by molar-refractivity contribution is -0.151. The van der Waals surface area contributed by atoms with Gasteiger partial charge in [-0.2, -0.15) is 0 Å². The van der Waals surface area contributed by atoms with E-state index >= 15 is 0 Å². The van der Waals surface area contributed by atoms with Crippen LogP contribution >= 0.6 is 0 Å². The van der Waals surface area contributed by atoms with E-state index in [0.717, 1.165) is 17.5 Å². The molecule has 1 saturated carbocycles. The Morgan fingerprint density at radius 1 is 0.622 bits per heavy atom. The number of benzene rings is 2. The molecule has 0 amide bonds. The first kappa shape index (κ1) is 27.2. The average molecular weight is 503 g/mol. The molecule has 4 heteroatoms. The van der Waals surface area contributed by atoms with Crippen LogP contribution in [-0.2, 0) is 9.59 Å². The van der Waals surface area contributed by atoms with Crippen molar-refractivity contribution in [3.63, 3.8) is 0 Å². The standard InChI is InChI=1S/C33H42O4/c1-18(2)24-11-9-13-26(28(24)20(5)6)36-32(34)30-22-15-16-23(17-22)31(30)33(35)37-27-14-10-12-25(19(3)4)29(27)21(7)8/h9-16,18-23,30-31H,17H2,1-8H3. The summed E-state index contributed by atoms with van der Waals surface area (Å²) in [7, 11) is 0. The zero-order valence-electron chi connectivity index (χ0n) is 23.6. The fraction of sp³-hybridized carbons (Fsp3) is 0.515. The predicted molar refractivity (Wildman–Crippen MR) is 148 cm³/mol. The Bertz CT molecular complexity index is 1100. The van der Waals surface area contributed by atoms with Crippen LogP contribution in [0.1, 0.15) is 108 Å². The van der Waals surface area contributed by atoms with Crippen LogP contribution in [0.5, 0.6) is 11.5 Å². The van der Waals surface area contributed by atoms with Crippen molar-refractivity contribution in [1.82, 2.24) is 0 Å². The smallest absolute Gasteiger partial charge is 0.315 e. The highest BCUT2D eigenvalue weighted by atomic mass is 16.5. The number of carbonyl (C=O) groups is 2. The molecule has 0 radical (unpaired) electrons. The van der Waals surface area contributed by atoms with Gasteiger partial charge in [0.25, 0.3) is 0 Å². The van der Waals surface area contributed by atoms with Gasteiger partial charge in [-0.25, -0.2) is 0 Å². The third kappa shape index (κ3) is 5.26. The van der Waals surface area contributed by atoms with Crippen LogP contribution in [0.3, 0.4) is 0 Å². The highest BCUT2D eigenvalue weighted by Crippen LogP contribution is 2.50. The molecule has 4 unspecified atom stereocenters. The van der Waals surface area contributed by atoms with Crippen molar-refractivity contribution < 1.29 is 19.1 Å². The Morgan fingerprint density at radius 3 is 1.32 bits per heavy atom. The van der Waals surface area contributed by atoms with E-state index in [9.17, 15) is 9.59 Å². The first-order chi connectivity index (χ1) is 17.5. The van der Waals surface area contributed by atoms with Crippen LogP contribution in [-0.4, -0.2) is 11.9 Å². The monoisotopic (exact) mass is 502 g/mol. The Kier molecular flexibility index (Phi) is 7.96. The molecule has 37 heavy (non-hydrogen) atoms. The number of rotatable bonds is 8. The molecule has 0 heterocycles. The Labute approximate surface area is 222 Å². The number of esters is 2. The van der Waals surface area contributed by atoms with Gasteiger partial charge in [0.1, 0.15) is 11.5 Å². The van der Waals surface area contributed by atoms with Crippen LogP contribution in [0.4, 0.5) is 0 Å². The molecule has 4 atom stereocenters. The van der Waals surface area contributed by atoms with Crippen molar-refractivity contribution in [2.24, 2.45) is 23.7 Å². The van der Waals surface area contributed by atoms with E-state index < -0.39 is 11.8 Å². The van der Waals surface area contributed by atoms with E-state index in [2.05, 4.69) is 79.7 Å². The van der Waals surface area contributed by atoms with Gasteiger partial charge < -0.3 is 9.47 Å². The molecule has 0 spiro atoms. The number of ether oxygens (including phenoxy) is 2. The summed E-state index contributed by atoms with van der Waals surface area (Å²) in [6, 6.07) is 11.9. The fourth-order valence-electron chi connectivity index (χ4n) is 6.36. The Balaban J connectivity index is 1.62. The SMILES string of the molecule is CC(C)c1cccc(OC(=O)C2C3C=CC(C3)C2C(=O)Oc2cccc(C(C)C)c2C(C)C)c1C(C)C. The van der Waals surface area contributed by atoms with Crippen molar-refractivity contribution in [3.05, 3.63) is 70.8 Å². The molecular formula is C33H42O4. The van der Waals surface area contributed by atoms with Crippen molar-refractivity contribution in [2.45, 2.75) is 85.5 Å². The summed E-state index contributed by atoms with van der Waals surface area (Å²) >= 11 is 0. The van der Waals surface area contributed by atoms with E-state index in [1.165, 1.54) is 11.1 Å². The highest BCUT2D eigenvalue weighted by molar-refractivity contribution is 5.87. The molecular weight excluding hydrogens is 460 g/mol. The first-order valence-corrected chi connectivity index (χ1v) is 13.9. The van der Waals surface area contributed by atoms with Gasteiger partial charge >= 0.3 is 11.9 Å². The van der Waals surface area contributed by atoms with E-state index in [1.54, 1.807) is 0 Å². The van der Waals surface area contributed by atoms with Crippen LogP contribution in [0, 0.1) is 23.7 Å². The van der Waals surface area contributed by atoms with E-state index in [1.807, 2.05) is 24.3 Å². The fourth-order valence-corrected chi connectivity index (χ4v) is 6.36. The zero-order valence-corrected chi connectivity index (χ0v) is 23.6. The van der Waals surface area contributed by atoms with Gasteiger partial charge in [-0.3, -0.25) is 9.59 Å². The number of hydrogen-bond acceptors (Lipinski definition) is 4. The minimum atomic E-state index is -0.541. The molecule has 198 valence electrons. The topological polar surface area (TPSA) is 52.6 Å². The quantitative estimate of drug-likeness (QED) is 0.208. The second-order valence-electron chi connectivity index (χ2n) is 12.0. The van der Waals surface area contributed by atoms with Crippen molar-refractivity contribution in [1.29, 1.82) is 0 Å². The first-order valence-electron chi connectivity index (χ1n) is 13.9. The van der Waals surface area contributed by atoms with Crippen molar-refractivity contribution in [2.75, 3.05) is 0 Å². The summed E-state index contributed by atoms with van der Waals surface area (Å²) in [5.74, 6) is 0.533. The maximum atomic E-state index is 13.7. The molecule has 2 aliphatic carbocycles. The molecule has 2 aromatic rings. The van der Waals surface area contributed by atoms with Gasteiger partial charge in [0, 0.05) is 11.1 Å². The highest BCUT2D eigenvalue weighted by Gasteiger charge is 2.53. The van der Waals surface area contributed by atoms with Crippen LogP contribution < -0.4 is 9.47 Å². The Hall–Kier alpha value is -2.88. The maximum Gasteiger partial charge on any atom is 0.315 e. The number of hydrogen-bond donors (Lipinski definition) is 0. The minimum Gasteiger partial charge on any atom is -0.426 e. The van der Waals surface area contributed by atoms with E-state index in [0.29, 0.717) is 23.3 Å². The summed E-state index contributed by atoms with van der Waals surface area (Å²) in [6.45, 7) is 17.1. The zero-order chi connectivity index (χ0) is 27.0. The number of allylic oxidation sites excluding steroid dienone is 2. The maximum absolute atomic E-state index is 13.7. The van der Waals surface area contributed by atoms with Crippen molar-refractivity contribution >= 4 is 11.9 Å². The third-order valence-electron chi connectivity index (χ3n) is 8.02. The van der Waals surface area contributed by atoms with Gasteiger partial charge in [-0.15, -0.1) is 0 Å². The van der Waals surface area contributed by atoms with Crippen LogP contribution in [0.2, 0.25) is 0 Å². The van der Waals surface area contributed by atoms with Crippen LogP contribution in [0.25, 0.3) is 0 Å². The number of carbonyl (C=O) groups excluding carboxylic acids is 2. The summed E-state index contributed by atoms with van der Waals surface area (Å²) in [4.78, 5) is 27.4. The Morgan fingerprint density at radius 2 is 1.00 bits per heavy atom. The summed E-state index contributed by atoms with van der Waals surface area (Å²) in [5.41, 5.74) is 4.51.